The Kier molecular flexibility index (Phi) is 5.08. The van der Waals surface area contributed by atoms with Gasteiger partial charge in [-0.25, -0.2) is 4.68 Å². The fourth-order valence-electron chi connectivity index (χ4n) is 3.17. The second-order valence-corrected chi connectivity index (χ2v) is 6.89. The van der Waals surface area contributed by atoms with Gasteiger partial charge in [-0.05, 0) is 36.6 Å². The van der Waals surface area contributed by atoms with Gasteiger partial charge >= 0.3 is 0 Å². The van der Waals surface area contributed by atoms with E-state index in [1.807, 2.05) is 19.9 Å². The summed E-state index contributed by atoms with van der Waals surface area (Å²) in [7, 11) is 0. The van der Waals surface area contributed by atoms with Crippen LogP contribution in [0.2, 0.25) is 5.02 Å². The molecule has 25 heavy (non-hydrogen) atoms. The number of nitrogens with zero attached hydrogens (tertiary/aromatic N) is 3. The van der Waals surface area contributed by atoms with E-state index in [2.05, 4.69) is 10.4 Å². The maximum Gasteiger partial charge on any atom is 0.247 e. The first-order chi connectivity index (χ1) is 12.0. The van der Waals surface area contributed by atoms with Crippen LogP contribution >= 0.6 is 11.6 Å². The molecule has 0 bridgehead atoms. The largest absolute Gasteiger partial charge is 0.330 e. The van der Waals surface area contributed by atoms with Crippen LogP contribution in [-0.2, 0) is 9.59 Å². The quantitative estimate of drug-likeness (QED) is 0.890. The fourth-order valence-corrected chi connectivity index (χ4v) is 3.43. The number of amides is 2. The molecule has 3 rings (SSSR count). The lowest BCUT2D eigenvalue weighted by Crippen LogP contribution is -2.47. The van der Waals surface area contributed by atoms with Crippen LogP contribution in [0.5, 0.6) is 0 Å². The number of hydrogen-bond acceptors (Lipinski definition) is 3. The number of anilines is 1. The molecule has 132 valence electrons. The molecule has 1 aliphatic rings. The zero-order chi connectivity index (χ0) is 18.0. The molecule has 0 spiro atoms. The molecule has 1 aromatic heterocycles. The lowest BCUT2D eigenvalue weighted by atomic mass is 10.0. The third kappa shape index (κ3) is 3.69. The minimum atomic E-state index is -0.473. The molecule has 6 nitrogen and oxygen atoms in total. The lowest BCUT2D eigenvalue weighted by Gasteiger charge is -2.29. The maximum atomic E-state index is 12.7. The van der Waals surface area contributed by atoms with Gasteiger partial charge in [-0.15, -0.1) is 0 Å². The highest BCUT2D eigenvalue weighted by Crippen LogP contribution is 2.25. The lowest BCUT2D eigenvalue weighted by molar-refractivity contribution is -0.136. The number of carbonyl (C=O) groups excluding carboxylic acids is 2. The molecule has 2 heterocycles. The first-order valence-electron chi connectivity index (χ1n) is 8.37. The number of nitrogens with one attached hydrogen (secondary N) is 1. The number of rotatable bonds is 5. The van der Waals surface area contributed by atoms with E-state index in [1.165, 1.54) is 0 Å². The van der Waals surface area contributed by atoms with Crippen molar-refractivity contribution in [1.29, 1.82) is 0 Å². The third-order valence-electron chi connectivity index (χ3n) is 4.31. The van der Waals surface area contributed by atoms with Gasteiger partial charge in [0, 0.05) is 31.0 Å². The van der Waals surface area contributed by atoms with Crippen molar-refractivity contribution < 1.29 is 9.59 Å². The zero-order valence-electron chi connectivity index (χ0n) is 14.3. The Morgan fingerprint density at radius 2 is 2.16 bits per heavy atom. The van der Waals surface area contributed by atoms with Crippen molar-refractivity contribution in [2.45, 2.75) is 32.7 Å². The summed E-state index contributed by atoms with van der Waals surface area (Å²) in [4.78, 5) is 26.4. The molecule has 1 unspecified atom stereocenters. The molecule has 0 aliphatic carbocycles. The van der Waals surface area contributed by atoms with E-state index in [-0.39, 0.29) is 17.7 Å². The van der Waals surface area contributed by atoms with Gasteiger partial charge in [0.25, 0.3) is 0 Å². The zero-order valence-corrected chi connectivity index (χ0v) is 15.0. The van der Waals surface area contributed by atoms with Crippen molar-refractivity contribution in [2.75, 3.05) is 11.9 Å². The molecule has 7 heteroatoms. The molecule has 0 saturated carbocycles. The Morgan fingerprint density at radius 1 is 1.36 bits per heavy atom. The second kappa shape index (κ2) is 7.27. The van der Waals surface area contributed by atoms with E-state index in [0.717, 1.165) is 12.1 Å². The van der Waals surface area contributed by atoms with E-state index in [0.29, 0.717) is 23.7 Å². The summed E-state index contributed by atoms with van der Waals surface area (Å²) in [6, 6.07) is 6.62. The molecule has 1 atom stereocenters. The average molecular weight is 361 g/mol. The summed E-state index contributed by atoms with van der Waals surface area (Å²) >= 11 is 6.32. The van der Waals surface area contributed by atoms with Crippen molar-refractivity contribution in [2.24, 2.45) is 5.92 Å². The van der Waals surface area contributed by atoms with Crippen molar-refractivity contribution >= 4 is 29.1 Å². The Labute approximate surface area is 151 Å². The Hall–Kier alpha value is -2.34. The SMILES string of the molecule is CC(C)C(C(=O)Nc1ccc(-n2cccn2)c(Cl)c1)N1CCCC1=O. The highest BCUT2D eigenvalue weighted by atomic mass is 35.5. The predicted molar refractivity (Wildman–Crippen MR) is 96.8 cm³/mol. The Bertz CT molecular complexity index is 773. The van der Waals surface area contributed by atoms with Gasteiger partial charge in [0.05, 0.1) is 10.7 Å². The Morgan fingerprint density at radius 3 is 2.72 bits per heavy atom. The van der Waals surface area contributed by atoms with Crippen molar-refractivity contribution in [3.63, 3.8) is 0 Å². The van der Waals surface area contributed by atoms with Gasteiger partial charge in [0.2, 0.25) is 11.8 Å². The van der Waals surface area contributed by atoms with Crippen LogP contribution in [0.1, 0.15) is 26.7 Å². The molecule has 1 aromatic carbocycles. The minimum Gasteiger partial charge on any atom is -0.330 e. The first-order valence-corrected chi connectivity index (χ1v) is 8.75. The summed E-state index contributed by atoms with van der Waals surface area (Å²) in [6.45, 7) is 4.53. The van der Waals surface area contributed by atoms with E-state index in [1.54, 1.807) is 40.2 Å². The van der Waals surface area contributed by atoms with Crippen LogP contribution in [0.15, 0.2) is 36.7 Å². The summed E-state index contributed by atoms with van der Waals surface area (Å²) in [5.41, 5.74) is 1.34. The summed E-state index contributed by atoms with van der Waals surface area (Å²) in [6.07, 6.45) is 4.79. The summed E-state index contributed by atoms with van der Waals surface area (Å²) < 4.78 is 1.66. The third-order valence-corrected chi connectivity index (χ3v) is 4.62. The van der Waals surface area contributed by atoms with Gasteiger partial charge in [-0.3, -0.25) is 9.59 Å². The van der Waals surface area contributed by atoms with Gasteiger partial charge in [0.1, 0.15) is 6.04 Å². The van der Waals surface area contributed by atoms with Crippen LogP contribution in [0.25, 0.3) is 5.69 Å². The van der Waals surface area contributed by atoms with E-state index in [9.17, 15) is 9.59 Å². The van der Waals surface area contributed by atoms with E-state index in [4.69, 9.17) is 11.6 Å². The van der Waals surface area contributed by atoms with Crippen molar-refractivity contribution in [3.05, 3.63) is 41.7 Å². The number of likely N-dealkylation sites (tertiary alicyclic amines) is 1. The van der Waals surface area contributed by atoms with Gasteiger partial charge in [0.15, 0.2) is 0 Å². The molecule has 2 amide bonds. The molecule has 2 aromatic rings. The van der Waals surface area contributed by atoms with Gasteiger partial charge in [-0.1, -0.05) is 25.4 Å². The van der Waals surface area contributed by atoms with E-state index < -0.39 is 6.04 Å². The normalized spacial score (nSPS) is 15.7. The van der Waals surface area contributed by atoms with Crippen LogP contribution in [0, 0.1) is 5.92 Å². The molecule has 1 N–H and O–H groups in total. The number of benzene rings is 1. The van der Waals surface area contributed by atoms with E-state index >= 15 is 0 Å². The Balaban J connectivity index is 1.77. The van der Waals surface area contributed by atoms with Crippen LogP contribution in [0.3, 0.4) is 0 Å². The highest BCUT2D eigenvalue weighted by Gasteiger charge is 2.34. The second-order valence-electron chi connectivity index (χ2n) is 6.49. The molecule has 0 radical (unpaired) electrons. The highest BCUT2D eigenvalue weighted by molar-refractivity contribution is 6.32. The molecular formula is C18H21ClN4O2. The number of halogens is 1. The first kappa shape index (κ1) is 17.5. The summed E-state index contributed by atoms with van der Waals surface area (Å²) in [5, 5.41) is 7.52. The number of aromatic nitrogens is 2. The van der Waals surface area contributed by atoms with Crippen LogP contribution < -0.4 is 5.32 Å². The number of hydrogen-bond donors (Lipinski definition) is 1. The van der Waals surface area contributed by atoms with Crippen LogP contribution in [0.4, 0.5) is 5.69 Å². The standard InChI is InChI=1S/C18H21ClN4O2/c1-12(2)17(22-9-3-5-16(22)24)18(25)21-13-6-7-15(14(19)11-13)23-10-4-8-20-23/h4,6-8,10-12,17H,3,5,9H2,1-2H3,(H,21,25). The van der Waals surface area contributed by atoms with Crippen molar-refractivity contribution in [1.82, 2.24) is 14.7 Å². The molecule has 1 fully saturated rings. The molecule has 1 saturated heterocycles. The predicted octanol–water partition coefficient (Wildman–Crippen LogP) is 3.11. The summed E-state index contributed by atoms with van der Waals surface area (Å²) in [5.74, 6) is -0.116. The minimum absolute atomic E-state index is 0.0286. The smallest absolute Gasteiger partial charge is 0.247 e. The van der Waals surface area contributed by atoms with Crippen molar-refractivity contribution in [3.8, 4) is 5.69 Å². The number of carbonyl (C=O) groups is 2. The maximum absolute atomic E-state index is 12.7. The topological polar surface area (TPSA) is 67.2 Å². The average Bonchev–Trinajstić information content (AvgIpc) is 3.20. The van der Waals surface area contributed by atoms with Crippen LogP contribution in [-0.4, -0.2) is 39.1 Å². The van der Waals surface area contributed by atoms with Gasteiger partial charge < -0.3 is 10.2 Å². The fraction of sp³-hybridized carbons (Fsp3) is 0.389. The molecular weight excluding hydrogens is 340 g/mol. The monoisotopic (exact) mass is 360 g/mol. The molecule has 1 aliphatic heterocycles. The van der Waals surface area contributed by atoms with Gasteiger partial charge in [-0.2, -0.15) is 5.10 Å².